The van der Waals surface area contributed by atoms with E-state index < -0.39 is 5.54 Å². The standard InChI is InChI=1S/C14H21NO2/c1-14(2,15)12(10-13(16)17-3)9-11-7-5-4-6-8-11/h4-8,12H,9-10,15H2,1-3H3. The number of hydrogen-bond donors (Lipinski definition) is 1. The number of rotatable bonds is 5. The van der Waals surface area contributed by atoms with E-state index in [-0.39, 0.29) is 11.9 Å². The molecule has 1 aromatic rings. The normalized spacial score (nSPS) is 13.2. The Balaban J connectivity index is 2.75. The second-order valence-electron chi connectivity index (χ2n) is 4.99. The number of nitrogens with two attached hydrogens (primary N) is 1. The SMILES string of the molecule is COC(=O)CC(Cc1ccccc1)C(C)(C)N. The van der Waals surface area contributed by atoms with Crippen LogP contribution in [0.1, 0.15) is 25.8 Å². The molecule has 0 saturated heterocycles. The zero-order valence-electron chi connectivity index (χ0n) is 10.8. The lowest BCUT2D eigenvalue weighted by Crippen LogP contribution is -2.43. The van der Waals surface area contributed by atoms with Gasteiger partial charge in [0.1, 0.15) is 0 Å². The molecule has 94 valence electrons. The van der Waals surface area contributed by atoms with Gasteiger partial charge in [-0.3, -0.25) is 4.79 Å². The van der Waals surface area contributed by atoms with Crippen molar-refractivity contribution in [3.05, 3.63) is 35.9 Å². The molecular formula is C14H21NO2. The van der Waals surface area contributed by atoms with Gasteiger partial charge in [0.15, 0.2) is 0 Å². The third-order valence-electron chi connectivity index (χ3n) is 3.02. The summed E-state index contributed by atoms with van der Waals surface area (Å²) in [6.45, 7) is 3.90. The fourth-order valence-corrected chi connectivity index (χ4v) is 1.78. The molecule has 3 heteroatoms. The second-order valence-corrected chi connectivity index (χ2v) is 4.99. The van der Waals surface area contributed by atoms with Gasteiger partial charge in [-0.15, -0.1) is 0 Å². The van der Waals surface area contributed by atoms with Crippen LogP contribution in [-0.4, -0.2) is 18.6 Å². The van der Waals surface area contributed by atoms with Crippen LogP contribution < -0.4 is 5.73 Å². The van der Waals surface area contributed by atoms with E-state index in [0.717, 1.165) is 6.42 Å². The molecule has 0 fully saturated rings. The quantitative estimate of drug-likeness (QED) is 0.796. The molecule has 0 aromatic heterocycles. The molecule has 1 rings (SSSR count). The summed E-state index contributed by atoms with van der Waals surface area (Å²) in [6.07, 6.45) is 1.15. The molecule has 0 aliphatic heterocycles. The van der Waals surface area contributed by atoms with Crippen molar-refractivity contribution in [2.75, 3.05) is 7.11 Å². The average Bonchev–Trinajstić information content (AvgIpc) is 2.28. The van der Waals surface area contributed by atoms with Gasteiger partial charge in [0.25, 0.3) is 0 Å². The lowest BCUT2D eigenvalue weighted by Gasteiger charge is -2.30. The molecule has 1 unspecified atom stereocenters. The first-order chi connectivity index (χ1) is 7.93. The van der Waals surface area contributed by atoms with Crippen molar-refractivity contribution < 1.29 is 9.53 Å². The number of ether oxygens (including phenoxy) is 1. The molecule has 0 bridgehead atoms. The number of carbonyl (C=O) groups excluding carboxylic acids is 1. The van der Waals surface area contributed by atoms with Crippen LogP contribution >= 0.6 is 0 Å². The minimum atomic E-state index is -0.399. The summed E-state index contributed by atoms with van der Waals surface area (Å²) < 4.78 is 4.72. The molecule has 0 radical (unpaired) electrons. The molecule has 3 nitrogen and oxygen atoms in total. The summed E-state index contributed by atoms with van der Waals surface area (Å²) in [7, 11) is 1.41. The van der Waals surface area contributed by atoms with Crippen molar-refractivity contribution in [3.8, 4) is 0 Å². The minimum absolute atomic E-state index is 0.0809. The number of esters is 1. The topological polar surface area (TPSA) is 52.3 Å². The van der Waals surface area contributed by atoms with Crippen LogP contribution in [0.5, 0.6) is 0 Å². The van der Waals surface area contributed by atoms with Crippen LogP contribution in [0.3, 0.4) is 0 Å². The predicted molar refractivity (Wildman–Crippen MR) is 68.5 cm³/mol. The van der Waals surface area contributed by atoms with Crippen molar-refractivity contribution in [1.29, 1.82) is 0 Å². The molecule has 1 atom stereocenters. The van der Waals surface area contributed by atoms with Gasteiger partial charge in [-0.1, -0.05) is 30.3 Å². The summed E-state index contributed by atoms with van der Waals surface area (Å²) >= 11 is 0. The maximum absolute atomic E-state index is 11.4. The van der Waals surface area contributed by atoms with Crippen LogP contribution in [0.25, 0.3) is 0 Å². The van der Waals surface area contributed by atoms with Crippen molar-refractivity contribution in [1.82, 2.24) is 0 Å². The Kier molecular flexibility index (Phi) is 4.70. The highest BCUT2D eigenvalue weighted by Crippen LogP contribution is 2.23. The summed E-state index contributed by atoms with van der Waals surface area (Å²) in [6, 6.07) is 10.1. The van der Waals surface area contributed by atoms with Crippen molar-refractivity contribution in [3.63, 3.8) is 0 Å². The molecule has 0 amide bonds. The molecule has 0 aliphatic carbocycles. The highest BCUT2D eigenvalue weighted by Gasteiger charge is 2.27. The van der Waals surface area contributed by atoms with Gasteiger partial charge < -0.3 is 10.5 Å². The van der Waals surface area contributed by atoms with Gasteiger partial charge in [0.05, 0.1) is 13.5 Å². The number of methoxy groups -OCH3 is 1. The van der Waals surface area contributed by atoms with Crippen LogP contribution in [0.4, 0.5) is 0 Å². The Morgan fingerprint density at radius 1 is 1.35 bits per heavy atom. The lowest BCUT2D eigenvalue weighted by atomic mass is 9.81. The van der Waals surface area contributed by atoms with Crippen molar-refractivity contribution in [2.24, 2.45) is 11.7 Å². The molecule has 0 spiro atoms. The predicted octanol–water partition coefficient (Wildman–Crippen LogP) is 2.15. The van der Waals surface area contributed by atoms with E-state index >= 15 is 0 Å². The summed E-state index contributed by atoms with van der Waals surface area (Å²) in [5.74, 6) is -0.123. The Morgan fingerprint density at radius 2 is 1.94 bits per heavy atom. The largest absolute Gasteiger partial charge is 0.469 e. The van der Waals surface area contributed by atoms with Gasteiger partial charge in [0, 0.05) is 5.54 Å². The molecule has 2 N–H and O–H groups in total. The first-order valence-corrected chi connectivity index (χ1v) is 5.83. The molecule has 0 saturated carbocycles. The lowest BCUT2D eigenvalue weighted by molar-refractivity contribution is -0.142. The molecule has 0 heterocycles. The number of benzene rings is 1. The van der Waals surface area contributed by atoms with Crippen LogP contribution in [0, 0.1) is 5.92 Å². The first kappa shape index (κ1) is 13.7. The molecular weight excluding hydrogens is 214 g/mol. The van der Waals surface area contributed by atoms with E-state index in [9.17, 15) is 4.79 Å². The molecule has 17 heavy (non-hydrogen) atoms. The Labute approximate surface area is 103 Å². The summed E-state index contributed by atoms with van der Waals surface area (Å²) in [5.41, 5.74) is 6.92. The fourth-order valence-electron chi connectivity index (χ4n) is 1.78. The molecule has 0 aliphatic rings. The van der Waals surface area contributed by atoms with E-state index in [1.807, 2.05) is 32.0 Å². The van der Waals surface area contributed by atoms with Gasteiger partial charge in [0.2, 0.25) is 0 Å². The van der Waals surface area contributed by atoms with Crippen LogP contribution in [-0.2, 0) is 16.0 Å². The second kappa shape index (κ2) is 5.82. The Hall–Kier alpha value is -1.35. The van der Waals surface area contributed by atoms with Gasteiger partial charge in [-0.25, -0.2) is 0 Å². The monoisotopic (exact) mass is 235 g/mol. The summed E-state index contributed by atoms with van der Waals surface area (Å²) in [5, 5.41) is 0. The van der Waals surface area contributed by atoms with Crippen molar-refractivity contribution >= 4 is 5.97 Å². The van der Waals surface area contributed by atoms with Gasteiger partial charge >= 0.3 is 5.97 Å². The average molecular weight is 235 g/mol. The maximum atomic E-state index is 11.4. The van der Waals surface area contributed by atoms with Crippen LogP contribution in [0.2, 0.25) is 0 Å². The zero-order valence-corrected chi connectivity index (χ0v) is 10.8. The van der Waals surface area contributed by atoms with Crippen molar-refractivity contribution in [2.45, 2.75) is 32.2 Å². The van der Waals surface area contributed by atoms with E-state index in [1.165, 1.54) is 12.7 Å². The van der Waals surface area contributed by atoms with Gasteiger partial charge in [-0.05, 0) is 31.7 Å². The third kappa shape index (κ3) is 4.57. The van der Waals surface area contributed by atoms with Gasteiger partial charge in [-0.2, -0.15) is 0 Å². The van der Waals surface area contributed by atoms with E-state index in [4.69, 9.17) is 10.5 Å². The highest BCUT2D eigenvalue weighted by atomic mass is 16.5. The Morgan fingerprint density at radius 3 is 2.41 bits per heavy atom. The summed E-state index contributed by atoms with van der Waals surface area (Å²) in [4.78, 5) is 11.4. The molecule has 1 aromatic carbocycles. The van der Waals surface area contributed by atoms with Crippen LogP contribution in [0.15, 0.2) is 30.3 Å². The smallest absolute Gasteiger partial charge is 0.305 e. The fraction of sp³-hybridized carbons (Fsp3) is 0.500. The third-order valence-corrected chi connectivity index (χ3v) is 3.02. The Bertz CT molecular complexity index is 354. The van der Waals surface area contributed by atoms with E-state index in [2.05, 4.69) is 12.1 Å². The zero-order chi connectivity index (χ0) is 12.9. The van der Waals surface area contributed by atoms with E-state index in [1.54, 1.807) is 0 Å². The first-order valence-electron chi connectivity index (χ1n) is 5.83. The minimum Gasteiger partial charge on any atom is -0.469 e. The van der Waals surface area contributed by atoms with E-state index in [0.29, 0.717) is 6.42 Å². The maximum Gasteiger partial charge on any atom is 0.305 e. The number of hydrogen-bond acceptors (Lipinski definition) is 3. The number of carbonyl (C=O) groups is 1. The highest BCUT2D eigenvalue weighted by molar-refractivity contribution is 5.69.